The van der Waals surface area contributed by atoms with Crippen LogP contribution in [0.25, 0.3) is 5.65 Å². The van der Waals surface area contributed by atoms with Crippen molar-refractivity contribution in [1.82, 2.24) is 25.1 Å². The zero-order valence-electron chi connectivity index (χ0n) is 14.8. The van der Waals surface area contributed by atoms with Crippen LogP contribution in [0.3, 0.4) is 0 Å². The van der Waals surface area contributed by atoms with Crippen molar-refractivity contribution in [1.29, 1.82) is 0 Å². The van der Waals surface area contributed by atoms with Gasteiger partial charge in [0.25, 0.3) is 5.91 Å². The maximum atomic E-state index is 12.9. The minimum absolute atomic E-state index is 0.264. The van der Waals surface area contributed by atoms with E-state index in [1.807, 2.05) is 23.6 Å². The van der Waals surface area contributed by atoms with Crippen molar-refractivity contribution >= 4 is 28.7 Å². The van der Waals surface area contributed by atoms with Gasteiger partial charge in [0.15, 0.2) is 11.5 Å². The number of rotatable bonds is 7. The van der Waals surface area contributed by atoms with Gasteiger partial charge in [0.05, 0.1) is 6.54 Å². The molecule has 1 amide bonds. The van der Waals surface area contributed by atoms with Gasteiger partial charge >= 0.3 is 0 Å². The highest BCUT2D eigenvalue weighted by atomic mass is 32.1. The average molecular weight is 396 g/mol. The second-order valence-corrected chi connectivity index (χ2v) is 7.08. The number of hydrogen-bond donors (Lipinski definition) is 2. The molecule has 0 atom stereocenters. The fourth-order valence-corrected chi connectivity index (χ4v) is 3.31. The molecule has 0 aliphatic rings. The summed E-state index contributed by atoms with van der Waals surface area (Å²) < 4.78 is 14.6. The lowest BCUT2D eigenvalue weighted by molar-refractivity contribution is 0.0954. The Bertz CT molecular complexity index is 1080. The van der Waals surface area contributed by atoms with Crippen molar-refractivity contribution in [3.63, 3.8) is 0 Å². The van der Waals surface area contributed by atoms with Crippen LogP contribution < -0.4 is 10.6 Å². The van der Waals surface area contributed by atoms with Gasteiger partial charge in [-0.25, -0.2) is 4.39 Å². The van der Waals surface area contributed by atoms with Crippen molar-refractivity contribution in [3.8, 4) is 0 Å². The van der Waals surface area contributed by atoms with E-state index in [1.54, 1.807) is 15.9 Å². The zero-order chi connectivity index (χ0) is 19.3. The highest BCUT2D eigenvalue weighted by Crippen LogP contribution is 2.12. The molecule has 4 rings (SSSR count). The molecular formula is C19H17FN6OS. The Morgan fingerprint density at radius 3 is 2.75 bits per heavy atom. The largest absolute Gasteiger partial charge is 0.364 e. The van der Waals surface area contributed by atoms with Crippen LogP contribution in [0.1, 0.15) is 21.1 Å². The number of thiophene rings is 1. The summed E-state index contributed by atoms with van der Waals surface area (Å²) in [7, 11) is 0. The van der Waals surface area contributed by atoms with Gasteiger partial charge in [-0.2, -0.15) is 4.52 Å². The van der Waals surface area contributed by atoms with Gasteiger partial charge in [0.1, 0.15) is 11.6 Å². The number of nitrogens with one attached hydrogen (secondary N) is 2. The lowest BCUT2D eigenvalue weighted by Gasteiger charge is -2.06. The average Bonchev–Trinajstić information content (AvgIpc) is 3.37. The van der Waals surface area contributed by atoms with Gasteiger partial charge in [-0.1, -0.05) is 6.07 Å². The third-order valence-electron chi connectivity index (χ3n) is 4.09. The number of fused-ring (bicyclic) bond motifs is 1. The minimum Gasteiger partial charge on any atom is -0.364 e. The number of nitrogens with zero attached hydrogens (tertiary/aromatic N) is 4. The van der Waals surface area contributed by atoms with Crippen LogP contribution in [0.4, 0.5) is 10.2 Å². The quantitative estimate of drug-likeness (QED) is 0.502. The molecule has 28 heavy (non-hydrogen) atoms. The molecule has 142 valence electrons. The van der Waals surface area contributed by atoms with Crippen LogP contribution >= 0.6 is 11.3 Å². The standard InChI is InChI=1S/C19H17FN6OS/c20-14-5-3-13(4-6-14)19(27)21-10-9-18-24-23-17-8-7-16(25-26(17)18)22-12-15-2-1-11-28-15/h1-8,11H,9-10,12H2,(H,21,27)(H,22,25). The van der Waals surface area contributed by atoms with E-state index in [0.717, 1.165) is 5.82 Å². The second kappa shape index (κ2) is 8.13. The van der Waals surface area contributed by atoms with Gasteiger partial charge in [0, 0.05) is 23.4 Å². The van der Waals surface area contributed by atoms with E-state index in [9.17, 15) is 9.18 Å². The molecule has 0 aliphatic heterocycles. The van der Waals surface area contributed by atoms with Gasteiger partial charge in [-0.05, 0) is 47.8 Å². The Hall–Kier alpha value is -3.33. The number of carbonyl (C=O) groups is 1. The Kier molecular flexibility index (Phi) is 5.24. The van der Waals surface area contributed by atoms with Crippen LogP contribution in [0.2, 0.25) is 0 Å². The Balaban J connectivity index is 1.38. The first-order valence-corrected chi connectivity index (χ1v) is 9.58. The van der Waals surface area contributed by atoms with Crippen molar-refractivity contribution in [2.75, 3.05) is 11.9 Å². The number of anilines is 1. The normalized spacial score (nSPS) is 10.9. The molecule has 2 N–H and O–H groups in total. The van der Waals surface area contributed by atoms with Crippen molar-refractivity contribution in [3.05, 3.63) is 76.0 Å². The molecule has 0 saturated heterocycles. The minimum atomic E-state index is -0.374. The number of hydrogen-bond acceptors (Lipinski definition) is 6. The molecule has 3 aromatic heterocycles. The third kappa shape index (κ3) is 4.15. The first kappa shape index (κ1) is 18.1. The van der Waals surface area contributed by atoms with Crippen LogP contribution in [-0.2, 0) is 13.0 Å². The predicted molar refractivity (Wildman–Crippen MR) is 105 cm³/mol. The first-order valence-electron chi connectivity index (χ1n) is 8.70. The summed E-state index contributed by atoms with van der Waals surface area (Å²) in [6, 6.07) is 13.2. The fourth-order valence-electron chi connectivity index (χ4n) is 2.67. The number of benzene rings is 1. The molecule has 0 bridgehead atoms. The maximum absolute atomic E-state index is 12.9. The maximum Gasteiger partial charge on any atom is 0.251 e. The molecule has 1 aromatic carbocycles. The summed E-state index contributed by atoms with van der Waals surface area (Å²) in [4.78, 5) is 13.3. The third-order valence-corrected chi connectivity index (χ3v) is 4.97. The zero-order valence-corrected chi connectivity index (χ0v) is 15.6. The molecule has 7 nitrogen and oxygen atoms in total. The lowest BCUT2D eigenvalue weighted by atomic mass is 10.2. The highest BCUT2D eigenvalue weighted by molar-refractivity contribution is 7.09. The molecule has 3 heterocycles. The van der Waals surface area contributed by atoms with E-state index in [-0.39, 0.29) is 11.7 Å². The summed E-state index contributed by atoms with van der Waals surface area (Å²) >= 11 is 1.68. The van der Waals surface area contributed by atoms with E-state index in [2.05, 4.69) is 32.0 Å². The molecule has 0 radical (unpaired) electrons. The van der Waals surface area contributed by atoms with Crippen molar-refractivity contribution in [2.24, 2.45) is 0 Å². The highest BCUT2D eigenvalue weighted by Gasteiger charge is 2.10. The molecule has 9 heteroatoms. The molecule has 0 spiro atoms. The summed E-state index contributed by atoms with van der Waals surface area (Å²) in [6.07, 6.45) is 0.468. The molecule has 4 aromatic rings. The molecule has 0 saturated carbocycles. The van der Waals surface area contributed by atoms with Crippen molar-refractivity contribution in [2.45, 2.75) is 13.0 Å². The Morgan fingerprint density at radius 2 is 1.96 bits per heavy atom. The van der Waals surface area contributed by atoms with E-state index in [0.29, 0.717) is 36.5 Å². The molecule has 0 fully saturated rings. The van der Waals surface area contributed by atoms with Crippen LogP contribution in [-0.4, -0.2) is 32.3 Å². The van der Waals surface area contributed by atoms with E-state index in [1.165, 1.54) is 29.1 Å². The Morgan fingerprint density at radius 1 is 1.11 bits per heavy atom. The molecule has 0 unspecified atom stereocenters. The van der Waals surface area contributed by atoms with Gasteiger partial charge in [-0.15, -0.1) is 26.6 Å². The number of halogens is 1. The lowest BCUT2D eigenvalue weighted by Crippen LogP contribution is -2.26. The molecular weight excluding hydrogens is 379 g/mol. The van der Waals surface area contributed by atoms with Crippen LogP contribution in [0.15, 0.2) is 53.9 Å². The Labute approximate surface area is 164 Å². The first-order chi connectivity index (χ1) is 13.7. The SMILES string of the molecule is O=C(NCCc1nnc2ccc(NCc3cccs3)nn12)c1ccc(F)cc1. The van der Waals surface area contributed by atoms with Gasteiger partial charge in [0.2, 0.25) is 0 Å². The summed E-state index contributed by atoms with van der Waals surface area (Å²) in [5, 5.41) is 20.9. The number of carbonyl (C=O) groups excluding carboxylic acids is 1. The van der Waals surface area contributed by atoms with Crippen LogP contribution in [0.5, 0.6) is 0 Å². The van der Waals surface area contributed by atoms with Crippen LogP contribution in [0, 0.1) is 5.82 Å². The van der Waals surface area contributed by atoms with Crippen molar-refractivity contribution < 1.29 is 9.18 Å². The summed E-state index contributed by atoms with van der Waals surface area (Å²) in [6.45, 7) is 1.06. The summed E-state index contributed by atoms with van der Waals surface area (Å²) in [5.74, 6) is 0.729. The second-order valence-electron chi connectivity index (χ2n) is 6.05. The smallest absolute Gasteiger partial charge is 0.251 e. The predicted octanol–water partition coefficient (Wildman–Crippen LogP) is 2.91. The number of aromatic nitrogens is 4. The van der Waals surface area contributed by atoms with Gasteiger partial charge in [-0.3, -0.25) is 4.79 Å². The topological polar surface area (TPSA) is 84.2 Å². The molecule has 0 aliphatic carbocycles. The summed E-state index contributed by atoms with van der Waals surface area (Å²) in [5.41, 5.74) is 1.05. The van der Waals surface area contributed by atoms with E-state index < -0.39 is 0 Å². The fraction of sp³-hybridized carbons (Fsp3) is 0.158. The van der Waals surface area contributed by atoms with Gasteiger partial charge < -0.3 is 10.6 Å². The monoisotopic (exact) mass is 396 g/mol. The van der Waals surface area contributed by atoms with E-state index >= 15 is 0 Å². The number of amides is 1. The van der Waals surface area contributed by atoms with E-state index in [4.69, 9.17) is 0 Å².